The second-order valence-corrected chi connectivity index (χ2v) is 16.1. The van der Waals surface area contributed by atoms with Crippen molar-refractivity contribution in [2.75, 3.05) is 13.2 Å². The number of aliphatic hydroxyl groups is 7. The molecule has 0 bridgehead atoms. The van der Waals surface area contributed by atoms with E-state index in [1.165, 1.54) is 116 Å². The minimum Gasteiger partial charge on any atom is -0.394 e. The molecule has 0 aromatic heterocycles. The molecule has 1 rings (SSSR count). The zero-order valence-corrected chi connectivity index (χ0v) is 34.9. The summed E-state index contributed by atoms with van der Waals surface area (Å²) in [6, 6.07) is -1.18. The van der Waals surface area contributed by atoms with Gasteiger partial charge in [0.1, 0.15) is 36.6 Å². The maximum Gasteiger partial charge on any atom is 0.249 e. The fourth-order valence-electron chi connectivity index (χ4n) is 7.26. The number of amides is 1. The van der Waals surface area contributed by atoms with Gasteiger partial charge in [-0.05, 0) is 38.5 Å². The van der Waals surface area contributed by atoms with Crippen LogP contribution in [0.25, 0.3) is 0 Å². The van der Waals surface area contributed by atoms with Crippen LogP contribution in [0.2, 0.25) is 0 Å². The molecule has 0 aliphatic carbocycles. The number of carbonyl (C=O) groups is 1. The van der Waals surface area contributed by atoms with Crippen LogP contribution < -0.4 is 5.32 Å². The number of nitrogens with one attached hydrogen (secondary N) is 1. The van der Waals surface area contributed by atoms with Crippen LogP contribution >= 0.6 is 0 Å². The number of allylic oxidation sites excluding steroid dienone is 2. The van der Waals surface area contributed by atoms with Gasteiger partial charge >= 0.3 is 0 Å². The second kappa shape index (κ2) is 34.9. The Kier molecular flexibility index (Phi) is 32.9. The predicted octanol–water partition coefficient (Wildman–Crippen LogP) is 6.89. The molecule has 9 atom stereocenters. The molecule has 1 fully saturated rings. The summed E-state index contributed by atoms with van der Waals surface area (Å²) in [4.78, 5) is 13.0. The third-order valence-corrected chi connectivity index (χ3v) is 11.1. The number of ether oxygens (including phenoxy) is 2. The van der Waals surface area contributed by atoms with Crippen molar-refractivity contribution in [3.63, 3.8) is 0 Å². The van der Waals surface area contributed by atoms with Gasteiger partial charge < -0.3 is 50.5 Å². The van der Waals surface area contributed by atoms with Crippen LogP contribution in [0.5, 0.6) is 0 Å². The van der Waals surface area contributed by atoms with Gasteiger partial charge in [0.25, 0.3) is 0 Å². The third kappa shape index (κ3) is 25.1. The van der Waals surface area contributed by atoms with Crippen molar-refractivity contribution in [1.82, 2.24) is 5.32 Å². The molecular formula is C44H85NO10. The van der Waals surface area contributed by atoms with Crippen molar-refractivity contribution >= 4 is 5.91 Å². The summed E-state index contributed by atoms with van der Waals surface area (Å²) in [6.07, 6.45) is 24.0. The predicted molar refractivity (Wildman–Crippen MR) is 219 cm³/mol. The van der Waals surface area contributed by atoms with E-state index in [-0.39, 0.29) is 12.8 Å². The van der Waals surface area contributed by atoms with E-state index in [9.17, 15) is 40.5 Å². The molecule has 326 valence electrons. The molecule has 0 spiro atoms. The Morgan fingerprint density at radius 3 is 1.56 bits per heavy atom. The van der Waals surface area contributed by atoms with Gasteiger partial charge in [-0.15, -0.1) is 0 Å². The van der Waals surface area contributed by atoms with Gasteiger partial charge in [0.15, 0.2) is 6.29 Å². The fourth-order valence-corrected chi connectivity index (χ4v) is 7.26. The van der Waals surface area contributed by atoms with Crippen molar-refractivity contribution < 1.29 is 50.0 Å². The van der Waals surface area contributed by atoms with E-state index < -0.39 is 74.2 Å². The zero-order valence-electron chi connectivity index (χ0n) is 34.9. The smallest absolute Gasteiger partial charge is 0.249 e. The van der Waals surface area contributed by atoms with Crippen LogP contribution in [-0.2, 0) is 14.3 Å². The highest BCUT2D eigenvalue weighted by Crippen LogP contribution is 2.23. The monoisotopic (exact) mass is 788 g/mol. The van der Waals surface area contributed by atoms with Crippen molar-refractivity contribution in [3.05, 3.63) is 12.2 Å². The maximum absolute atomic E-state index is 13.0. The van der Waals surface area contributed by atoms with Gasteiger partial charge in [-0.25, -0.2) is 0 Å². The number of aliphatic hydroxyl groups excluding tert-OH is 7. The minimum atomic E-state index is -1.66. The first-order chi connectivity index (χ1) is 26.7. The molecule has 0 aromatic carbocycles. The van der Waals surface area contributed by atoms with E-state index in [0.717, 1.165) is 38.5 Å². The highest BCUT2D eigenvalue weighted by atomic mass is 16.7. The molecule has 1 aliphatic rings. The molecule has 1 amide bonds. The van der Waals surface area contributed by atoms with E-state index in [1.807, 2.05) is 0 Å². The van der Waals surface area contributed by atoms with Gasteiger partial charge in [-0.2, -0.15) is 0 Å². The summed E-state index contributed by atoms with van der Waals surface area (Å²) >= 11 is 0. The fraction of sp³-hybridized carbons (Fsp3) is 0.932. The summed E-state index contributed by atoms with van der Waals surface area (Å²) < 4.78 is 11.1. The molecule has 1 saturated heterocycles. The lowest BCUT2D eigenvalue weighted by Crippen LogP contribution is -2.60. The highest BCUT2D eigenvalue weighted by Gasteiger charge is 2.44. The Hall–Kier alpha value is -1.15. The van der Waals surface area contributed by atoms with Gasteiger partial charge in [0, 0.05) is 0 Å². The van der Waals surface area contributed by atoms with Crippen molar-refractivity contribution in [1.29, 1.82) is 0 Å². The second-order valence-electron chi connectivity index (χ2n) is 16.1. The molecule has 11 heteroatoms. The summed E-state index contributed by atoms with van der Waals surface area (Å²) in [5, 5.41) is 75.5. The molecular weight excluding hydrogens is 702 g/mol. The van der Waals surface area contributed by atoms with E-state index in [4.69, 9.17) is 9.47 Å². The van der Waals surface area contributed by atoms with Crippen LogP contribution in [-0.4, -0.2) is 110 Å². The molecule has 55 heavy (non-hydrogen) atoms. The lowest BCUT2D eigenvalue weighted by Gasteiger charge is -2.40. The first-order valence-corrected chi connectivity index (χ1v) is 22.6. The summed E-state index contributed by atoms with van der Waals surface area (Å²) in [7, 11) is 0. The average molecular weight is 788 g/mol. The van der Waals surface area contributed by atoms with Crippen molar-refractivity contribution in [3.8, 4) is 0 Å². The lowest BCUT2D eigenvalue weighted by atomic mass is 9.98. The standard InChI is InChI=1S/C44H85NO10/c1-3-5-7-9-11-13-15-17-19-21-23-25-27-29-31-36(47)39(49)35(34-54-44-42(52)41(51)40(50)38(33-46)55-44)45-43(53)37(48)32-30-28-26-24-22-20-18-16-14-12-10-8-6-4-2/h23,25,35-42,44,46-52H,3-22,24,26-34H2,1-2H3,(H,45,53)/b25-23+. The van der Waals surface area contributed by atoms with E-state index in [2.05, 4.69) is 31.3 Å². The number of hydrogen-bond donors (Lipinski definition) is 8. The number of rotatable bonds is 37. The van der Waals surface area contributed by atoms with Crippen LogP contribution in [0.4, 0.5) is 0 Å². The van der Waals surface area contributed by atoms with Crippen molar-refractivity contribution in [2.45, 2.75) is 249 Å². The van der Waals surface area contributed by atoms with Crippen LogP contribution in [0.3, 0.4) is 0 Å². The number of hydrogen-bond acceptors (Lipinski definition) is 10. The first-order valence-electron chi connectivity index (χ1n) is 22.6. The molecule has 0 saturated carbocycles. The Morgan fingerprint density at radius 2 is 1.07 bits per heavy atom. The van der Waals surface area contributed by atoms with Crippen LogP contribution in [0, 0.1) is 0 Å². The topological polar surface area (TPSA) is 189 Å². The molecule has 1 aliphatic heterocycles. The van der Waals surface area contributed by atoms with E-state index >= 15 is 0 Å². The minimum absolute atomic E-state index is 0.258. The molecule has 1 heterocycles. The number of carbonyl (C=O) groups excluding carboxylic acids is 1. The van der Waals surface area contributed by atoms with Gasteiger partial charge in [-0.3, -0.25) is 4.79 Å². The first kappa shape index (κ1) is 51.9. The highest BCUT2D eigenvalue weighted by molar-refractivity contribution is 5.80. The Balaban J connectivity index is 2.50. The quantitative estimate of drug-likeness (QED) is 0.0243. The Labute approximate surface area is 334 Å². The SMILES string of the molecule is CCCCCCCCCCC/C=C/CCCC(O)C(O)C(COC1OC(CO)C(O)C(O)C1O)NC(=O)C(O)CCCCCCCCCCCCCCCC. The van der Waals surface area contributed by atoms with Crippen LogP contribution in [0.15, 0.2) is 12.2 Å². The lowest BCUT2D eigenvalue weighted by molar-refractivity contribution is -0.303. The van der Waals surface area contributed by atoms with Crippen LogP contribution in [0.1, 0.15) is 194 Å². The van der Waals surface area contributed by atoms with Crippen molar-refractivity contribution in [2.24, 2.45) is 0 Å². The average Bonchev–Trinajstić information content (AvgIpc) is 3.18. The molecule has 0 aromatic rings. The van der Waals surface area contributed by atoms with Gasteiger partial charge in [-0.1, -0.05) is 167 Å². The largest absolute Gasteiger partial charge is 0.394 e. The summed E-state index contributed by atoms with van der Waals surface area (Å²) in [5.41, 5.74) is 0. The van der Waals surface area contributed by atoms with Gasteiger partial charge in [0.2, 0.25) is 5.91 Å². The molecule has 0 radical (unpaired) electrons. The Morgan fingerprint density at radius 1 is 0.618 bits per heavy atom. The third-order valence-electron chi connectivity index (χ3n) is 11.1. The van der Waals surface area contributed by atoms with E-state index in [1.54, 1.807) is 0 Å². The number of unbranched alkanes of at least 4 members (excludes halogenated alkanes) is 23. The summed E-state index contributed by atoms with van der Waals surface area (Å²) in [6.45, 7) is 3.41. The Bertz CT molecular complexity index is 908. The van der Waals surface area contributed by atoms with E-state index in [0.29, 0.717) is 12.8 Å². The van der Waals surface area contributed by atoms with Gasteiger partial charge in [0.05, 0.1) is 25.4 Å². The summed E-state index contributed by atoms with van der Waals surface area (Å²) in [5.74, 6) is -0.706. The normalized spacial score (nSPS) is 22.5. The molecule has 9 unspecified atom stereocenters. The maximum atomic E-state index is 13.0. The zero-order chi connectivity index (χ0) is 40.5. The molecule has 8 N–H and O–H groups in total. The molecule has 11 nitrogen and oxygen atoms in total.